The van der Waals surface area contributed by atoms with Crippen LogP contribution in [0.25, 0.3) is 17.0 Å². The second-order valence-electron chi connectivity index (χ2n) is 7.11. The molecule has 0 saturated carbocycles. The highest BCUT2D eigenvalue weighted by molar-refractivity contribution is 8.18. The first-order valence-electron chi connectivity index (χ1n) is 9.73. The molecule has 162 valence electrons. The highest BCUT2D eigenvalue weighted by Gasteiger charge is 2.34. The Kier molecular flexibility index (Phi) is 5.91. The number of thioether (sulfide) groups is 1. The number of carbonyl (C=O) groups excluding carboxylic acids is 3. The lowest BCUT2D eigenvalue weighted by molar-refractivity contribution is -0.122. The minimum atomic E-state index is -0.474. The number of imide groups is 1. The topological polar surface area (TPSA) is 88.5 Å². The number of aryl methyl sites for hydroxylation is 1. The summed E-state index contributed by atoms with van der Waals surface area (Å²) in [6.45, 7) is 0.0180. The van der Waals surface area contributed by atoms with Gasteiger partial charge in [0.2, 0.25) is 0 Å². The fourth-order valence-corrected chi connectivity index (χ4v) is 4.24. The van der Waals surface area contributed by atoms with Gasteiger partial charge in [-0.1, -0.05) is 30.3 Å². The highest BCUT2D eigenvalue weighted by Crippen LogP contribution is 2.31. The standard InChI is InChI=1S/C23H18FN3O4S/c1-26-18-5-3-2-4-16(18)17(13-20(26)28)21(29)25-10-11-27-22(30)19(32-23(27)31)12-14-6-8-15(24)9-7-14/h2-9,12-13H,10-11H2,1H3,(H,25,29)/b19-12+. The molecule has 0 atom stereocenters. The van der Waals surface area contributed by atoms with E-state index < -0.39 is 22.9 Å². The smallest absolute Gasteiger partial charge is 0.293 e. The van der Waals surface area contributed by atoms with Crippen LogP contribution in [0, 0.1) is 5.82 Å². The van der Waals surface area contributed by atoms with Crippen LogP contribution in [0.5, 0.6) is 0 Å². The van der Waals surface area contributed by atoms with Crippen molar-refractivity contribution < 1.29 is 18.8 Å². The van der Waals surface area contributed by atoms with Crippen molar-refractivity contribution in [3.8, 4) is 0 Å². The van der Waals surface area contributed by atoms with E-state index in [9.17, 15) is 23.6 Å². The Morgan fingerprint density at radius 2 is 1.81 bits per heavy atom. The van der Waals surface area contributed by atoms with Crippen LogP contribution in [0.3, 0.4) is 0 Å². The van der Waals surface area contributed by atoms with E-state index in [2.05, 4.69) is 5.32 Å². The lowest BCUT2D eigenvalue weighted by atomic mass is 10.1. The van der Waals surface area contributed by atoms with E-state index in [0.717, 1.165) is 16.7 Å². The Bertz CT molecular complexity index is 1330. The van der Waals surface area contributed by atoms with Crippen LogP contribution < -0.4 is 10.9 Å². The fourth-order valence-electron chi connectivity index (χ4n) is 3.38. The minimum Gasteiger partial charge on any atom is -0.350 e. The van der Waals surface area contributed by atoms with Crippen LogP contribution in [0.1, 0.15) is 15.9 Å². The van der Waals surface area contributed by atoms with Gasteiger partial charge < -0.3 is 9.88 Å². The van der Waals surface area contributed by atoms with Crippen molar-refractivity contribution in [2.45, 2.75) is 0 Å². The van der Waals surface area contributed by atoms with Crippen molar-refractivity contribution in [2.24, 2.45) is 7.05 Å². The molecule has 1 fully saturated rings. The lowest BCUT2D eigenvalue weighted by Gasteiger charge is -2.14. The van der Waals surface area contributed by atoms with Crippen molar-refractivity contribution in [1.29, 1.82) is 0 Å². The Morgan fingerprint density at radius 1 is 1.09 bits per heavy atom. The van der Waals surface area contributed by atoms with Gasteiger partial charge in [0.1, 0.15) is 5.82 Å². The number of aromatic nitrogens is 1. The van der Waals surface area contributed by atoms with Crippen molar-refractivity contribution in [1.82, 2.24) is 14.8 Å². The Balaban J connectivity index is 1.44. The van der Waals surface area contributed by atoms with E-state index in [-0.39, 0.29) is 29.1 Å². The maximum atomic E-state index is 13.0. The number of nitrogens with one attached hydrogen (secondary N) is 1. The van der Waals surface area contributed by atoms with Gasteiger partial charge in [0.25, 0.3) is 22.6 Å². The molecule has 4 rings (SSSR count). The summed E-state index contributed by atoms with van der Waals surface area (Å²) in [5.41, 5.74) is 1.14. The first-order valence-corrected chi connectivity index (χ1v) is 10.5. The third-order valence-corrected chi connectivity index (χ3v) is 5.97. The predicted octanol–water partition coefficient (Wildman–Crippen LogP) is 3.14. The third-order valence-electron chi connectivity index (χ3n) is 5.06. The highest BCUT2D eigenvalue weighted by atomic mass is 32.2. The fraction of sp³-hybridized carbons (Fsp3) is 0.130. The van der Waals surface area contributed by atoms with E-state index in [1.54, 1.807) is 31.3 Å². The van der Waals surface area contributed by atoms with Gasteiger partial charge >= 0.3 is 0 Å². The quantitative estimate of drug-likeness (QED) is 0.602. The molecule has 1 aromatic heterocycles. The van der Waals surface area contributed by atoms with E-state index in [4.69, 9.17) is 0 Å². The average molecular weight is 451 g/mol. The second-order valence-corrected chi connectivity index (χ2v) is 8.11. The third kappa shape index (κ3) is 4.19. The van der Waals surface area contributed by atoms with Crippen LogP contribution >= 0.6 is 11.8 Å². The van der Waals surface area contributed by atoms with Crippen molar-refractivity contribution in [3.05, 3.63) is 86.8 Å². The summed E-state index contributed by atoms with van der Waals surface area (Å²) in [7, 11) is 1.63. The summed E-state index contributed by atoms with van der Waals surface area (Å²) >= 11 is 0.789. The van der Waals surface area contributed by atoms with E-state index in [1.165, 1.54) is 41.0 Å². The summed E-state index contributed by atoms with van der Waals surface area (Å²) < 4.78 is 14.5. The van der Waals surface area contributed by atoms with E-state index in [0.29, 0.717) is 16.5 Å². The molecule has 3 aromatic rings. The molecule has 2 aromatic carbocycles. The first kappa shape index (κ1) is 21.5. The number of halogens is 1. The maximum Gasteiger partial charge on any atom is 0.293 e. The van der Waals surface area contributed by atoms with Gasteiger partial charge in [-0.3, -0.25) is 24.1 Å². The molecular weight excluding hydrogens is 433 g/mol. The van der Waals surface area contributed by atoms with Gasteiger partial charge in [-0.05, 0) is 41.6 Å². The minimum absolute atomic E-state index is 0.0139. The predicted molar refractivity (Wildman–Crippen MR) is 121 cm³/mol. The van der Waals surface area contributed by atoms with E-state index in [1.807, 2.05) is 0 Å². The summed E-state index contributed by atoms with van der Waals surface area (Å²) in [6, 6.07) is 13.9. The Morgan fingerprint density at radius 3 is 2.56 bits per heavy atom. The molecule has 32 heavy (non-hydrogen) atoms. The molecule has 0 unspecified atom stereocenters. The monoisotopic (exact) mass is 451 g/mol. The molecule has 2 heterocycles. The Hall–Kier alpha value is -3.72. The van der Waals surface area contributed by atoms with Crippen molar-refractivity contribution in [2.75, 3.05) is 13.1 Å². The summed E-state index contributed by atoms with van der Waals surface area (Å²) in [6.07, 6.45) is 1.52. The zero-order chi connectivity index (χ0) is 22.8. The molecule has 0 aliphatic carbocycles. The summed E-state index contributed by atoms with van der Waals surface area (Å²) in [5, 5.41) is 2.85. The van der Waals surface area contributed by atoms with Gasteiger partial charge in [0.05, 0.1) is 16.0 Å². The van der Waals surface area contributed by atoms with Crippen LogP contribution in [0.15, 0.2) is 64.3 Å². The van der Waals surface area contributed by atoms with Crippen molar-refractivity contribution in [3.63, 3.8) is 0 Å². The number of nitrogens with zero attached hydrogens (tertiary/aromatic N) is 2. The first-order chi connectivity index (χ1) is 15.3. The van der Waals surface area contributed by atoms with Gasteiger partial charge in [0.15, 0.2) is 0 Å². The second kappa shape index (κ2) is 8.80. The molecule has 1 aliphatic rings. The molecule has 1 N–H and O–H groups in total. The van der Waals surface area contributed by atoms with Gasteiger partial charge in [-0.25, -0.2) is 4.39 Å². The number of para-hydroxylation sites is 1. The average Bonchev–Trinajstić information content (AvgIpc) is 3.05. The number of hydrogen-bond acceptors (Lipinski definition) is 5. The molecule has 3 amide bonds. The van der Waals surface area contributed by atoms with Crippen LogP contribution in [0.2, 0.25) is 0 Å². The zero-order valence-corrected chi connectivity index (χ0v) is 17.8. The number of amides is 3. The van der Waals surface area contributed by atoms with Crippen molar-refractivity contribution >= 4 is 45.8 Å². The summed E-state index contributed by atoms with van der Waals surface area (Å²) in [4.78, 5) is 51.0. The molecular formula is C23H18FN3O4S. The number of benzene rings is 2. The molecule has 7 nitrogen and oxygen atoms in total. The molecule has 0 radical (unpaired) electrons. The largest absolute Gasteiger partial charge is 0.350 e. The number of rotatable bonds is 5. The Labute approximate surface area is 186 Å². The normalized spacial score (nSPS) is 15.1. The number of carbonyl (C=O) groups is 3. The van der Waals surface area contributed by atoms with Crippen LogP contribution in [0.4, 0.5) is 9.18 Å². The maximum absolute atomic E-state index is 13.0. The lowest BCUT2D eigenvalue weighted by Crippen LogP contribution is -2.37. The SMILES string of the molecule is Cn1c(=O)cc(C(=O)NCCN2C(=O)S/C(=C/c3ccc(F)cc3)C2=O)c2ccccc21. The molecule has 1 saturated heterocycles. The van der Waals surface area contributed by atoms with Gasteiger partial charge in [-0.15, -0.1) is 0 Å². The molecule has 9 heteroatoms. The number of pyridine rings is 1. The van der Waals surface area contributed by atoms with E-state index >= 15 is 0 Å². The molecule has 0 bridgehead atoms. The number of fused-ring (bicyclic) bond motifs is 1. The zero-order valence-electron chi connectivity index (χ0n) is 17.0. The van der Waals surface area contributed by atoms with Crippen LogP contribution in [-0.4, -0.2) is 39.6 Å². The van der Waals surface area contributed by atoms with Crippen LogP contribution in [-0.2, 0) is 11.8 Å². The number of hydrogen-bond donors (Lipinski definition) is 1. The van der Waals surface area contributed by atoms with Gasteiger partial charge in [-0.2, -0.15) is 0 Å². The van der Waals surface area contributed by atoms with Gasteiger partial charge in [0, 0.05) is 31.6 Å². The summed E-state index contributed by atoms with van der Waals surface area (Å²) in [5.74, 6) is -1.33. The molecule has 0 spiro atoms. The molecule has 1 aliphatic heterocycles.